The summed E-state index contributed by atoms with van der Waals surface area (Å²) >= 11 is 0. The Bertz CT molecular complexity index is 1000. The van der Waals surface area contributed by atoms with E-state index in [9.17, 15) is 0 Å². The third-order valence-corrected chi connectivity index (χ3v) is 4.63. The van der Waals surface area contributed by atoms with Crippen molar-refractivity contribution >= 4 is 0 Å². The van der Waals surface area contributed by atoms with Crippen LogP contribution in [0.3, 0.4) is 0 Å². The molecular formula is C22H20N2O3. The van der Waals surface area contributed by atoms with Gasteiger partial charge in [-0.2, -0.15) is 0 Å². The van der Waals surface area contributed by atoms with Gasteiger partial charge in [0.1, 0.15) is 5.75 Å². The molecule has 2 heterocycles. The van der Waals surface area contributed by atoms with Gasteiger partial charge in [0.05, 0.1) is 25.6 Å². The van der Waals surface area contributed by atoms with Crippen LogP contribution in [0.4, 0.5) is 0 Å². The zero-order valence-electron chi connectivity index (χ0n) is 15.3. The summed E-state index contributed by atoms with van der Waals surface area (Å²) in [6.07, 6.45) is 4.28. The normalized spacial score (nSPS) is 12.1. The lowest BCUT2D eigenvalue weighted by Gasteiger charge is -2.12. The van der Waals surface area contributed by atoms with Crippen LogP contribution in [-0.2, 0) is 0 Å². The van der Waals surface area contributed by atoms with Crippen LogP contribution in [0.5, 0.6) is 5.75 Å². The van der Waals surface area contributed by atoms with Gasteiger partial charge in [-0.05, 0) is 47.9 Å². The molecule has 2 aromatic carbocycles. The Morgan fingerprint density at radius 3 is 2.52 bits per heavy atom. The number of methoxy groups -OCH3 is 1. The van der Waals surface area contributed by atoms with Gasteiger partial charge in [0.15, 0.2) is 0 Å². The summed E-state index contributed by atoms with van der Waals surface area (Å²) in [5.74, 6) is 1.96. The van der Waals surface area contributed by atoms with Crippen molar-refractivity contribution in [1.29, 1.82) is 0 Å². The number of benzene rings is 2. The SMILES string of the molecule is CC[C@H](c1cccc(-c2ccoc2)c1)c1nnc(-c2ccc(OC)cc2)o1. The van der Waals surface area contributed by atoms with Crippen molar-refractivity contribution in [2.24, 2.45) is 0 Å². The van der Waals surface area contributed by atoms with Gasteiger partial charge in [0.2, 0.25) is 11.8 Å². The monoisotopic (exact) mass is 360 g/mol. The summed E-state index contributed by atoms with van der Waals surface area (Å²) in [7, 11) is 1.64. The van der Waals surface area contributed by atoms with Crippen molar-refractivity contribution in [3.8, 4) is 28.3 Å². The molecule has 0 unspecified atom stereocenters. The zero-order chi connectivity index (χ0) is 18.6. The highest BCUT2D eigenvalue weighted by atomic mass is 16.5. The number of hydrogen-bond donors (Lipinski definition) is 0. The number of ether oxygens (including phenoxy) is 1. The molecular weight excluding hydrogens is 340 g/mol. The first kappa shape index (κ1) is 17.1. The van der Waals surface area contributed by atoms with Crippen molar-refractivity contribution in [2.45, 2.75) is 19.3 Å². The Kier molecular flexibility index (Phi) is 4.75. The number of nitrogens with zero attached hydrogens (tertiary/aromatic N) is 2. The second-order valence-electron chi connectivity index (χ2n) is 6.27. The van der Waals surface area contributed by atoms with Crippen LogP contribution in [0, 0.1) is 0 Å². The Morgan fingerprint density at radius 1 is 0.963 bits per heavy atom. The molecule has 0 saturated heterocycles. The van der Waals surface area contributed by atoms with E-state index in [4.69, 9.17) is 13.6 Å². The number of furan rings is 1. The molecule has 0 aliphatic carbocycles. The summed E-state index contributed by atoms with van der Waals surface area (Å²) in [6.45, 7) is 2.12. The second-order valence-corrected chi connectivity index (χ2v) is 6.27. The first-order chi connectivity index (χ1) is 13.3. The van der Waals surface area contributed by atoms with Gasteiger partial charge in [-0.1, -0.05) is 31.2 Å². The largest absolute Gasteiger partial charge is 0.497 e. The van der Waals surface area contributed by atoms with Crippen molar-refractivity contribution in [1.82, 2.24) is 10.2 Å². The molecule has 0 spiro atoms. The molecule has 4 aromatic rings. The lowest BCUT2D eigenvalue weighted by atomic mass is 9.93. The van der Waals surface area contributed by atoms with E-state index in [1.165, 1.54) is 0 Å². The summed E-state index contributed by atoms with van der Waals surface area (Å²) in [6, 6.07) is 17.9. The predicted molar refractivity (Wildman–Crippen MR) is 103 cm³/mol. The van der Waals surface area contributed by atoms with E-state index in [1.807, 2.05) is 36.4 Å². The fourth-order valence-corrected chi connectivity index (χ4v) is 3.14. The second kappa shape index (κ2) is 7.50. The number of aromatic nitrogens is 2. The molecule has 0 aliphatic rings. The van der Waals surface area contributed by atoms with Crippen molar-refractivity contribution in [2.75, 3.05) is 7.11 Å². The fourth-order valence-electron chi connectivity index (χ4n) is 3.14. The lowest BCUT2D eigenvalue weighted by molar-refractivity contribution is 0.415. The Hall–Kier alpha value is -3.34. The maximum absolute atomic E-state index is 6.00. The van der Waals surface area contributed by atoms with Gasteiger partial charge in [-0.15, -0.1) is 10.2 Å². The third kappa shape index (κ3) is 3.49. The molecule has 136 valence electrons. The first-order valence-electron chi connectivity index (χ1n) is 8.89. The number of rotatable bonds is 6. The average Bonchev–Trinajstić information content (AvgIpc) is 3.42. The zero-order valence-corrected chi connectivity index (χ0v) is 15.3. The standard InChI is InChI=1S/C22H20N2O3/c1-3-20(17-6-4-5-16(13-17)18-11-12-26-14-18)22-24-23-21(27-22)15-7-9-19(25-2)10-8-15/h4-14,20H,3H2,1-2H3/t20-/m1/s1. The van der Waals surface area contributed by atoms with E-state index in [2.05, 4.69) is 35.3 Å². The highest BCUT2D eigenvalue weighted by molar-refractivity contribution is 5.63. The van der Waals surface area contributed by atoms with Gasteiger partial charge in [0, 0.05) is 11.1 Å². The number of hydrogen-bond acceptors (Lipinski definition) is 5. The maximum Gasteiger partial charge on any atom is 0.247 e. The fraction of sp³-hybridized carbons (Fsp3) is 0.182. The van der Waals surface area contributed by atoms with E-state index in [-0.39, 0.29) is 5.92 Å². The first-order valence-corrected chi connectivity index (χ1v) is 8.89. The minimum absolute atomic E-state index is 0.0383. The minimum Gasteiger partial charge on any atom is -0.497 e. The molecule has 0 radical (unpaired) electrons. The smallest absolute Gasteiger partial charge is 0.247 e. The van der Waals surface area contributed by atoms with Crippen molar-refractivity contribution in [3.05, 3.63) is 78.6 Å². The quantitative estimate of drug-likeness (QED) is 0.451. The van der Waals surface area contributed by atoms with E-state index >= 15 is 0 Å². The minimum atomic E-state index is 0.0383. The molecule has 0 N–H and O–H groups in total. The molecule has 0 bridgehead atoms. The summed E-state index contributed by atoms with van der Waals surface area (Å²) in [5.41, 5.74) is 4.17. The topological polar surface area (TPSA) is 61.3 Å². The molecule has 0 fully saturated rings. The molecule has 0 saturated carbocycles. The van der Waals surface area contributed by atoms with Crippen LogP contribution in [0.2, 0.25) is 0 Å². The van der Waals surface area contributed by atoms with E-state index in [0.717, 1.165) is 34.4 Å². The van der Waals surface area contributed by atoms with Crippen LogP contribution < -0.4 is 4.74 Å². The van der Waals surface area contributed by atoms with Gasteiger partial charge in [-0.25, -0.2) is 0 Å². The highest BCUT2D eigenvalue weighted by Gasteiger charge is 2.20. The van der Waals surface area contributed by atoms with Crippen LogP contribution in [-0.4, -0.2) is 17.3 Å². The summed E-state index contributed by atoms with van der Waals surface area (Å²) < 4.78 is 16.4. The summed E-state index contributed by atoms with van der Waals surface area (Å²) in [4.78, 5) is 0. The third-order valence-electron chi connectivity index (χ3n) is 4.63. The molecule has 27 heavy (non-hydrogen) atoms. The lowest BCUT2D eigenvalue weighted by Crippen LogP contribution is -2.00. The molecule has 5 heteroatoms. The van der Waals surface area contributed by atoms with Gasteiger partial charge in [-0.3, -0.25) is 0 Å². The molecule has 0 aliphatic heterocycles. The Balaban J connectivity index is 1.63. The van der Waals surface area contributed by atoms with E-state index in [1.54, 1.807) is 19.6 Å². The molecule has 5 nitrogen and oxygen atoms in total. The van der Waals surface area contributed by atoms with Crippen LogP contribution in [0.1, 0.15) is 30.7 Å². The van der Waals surface area contributed by atoms with Crippen LogP contribution in [0.25, 0.3) is 22.6 Å². The Labute approximate surface area is 157 Å². The molecule has 1 atom stereocenters. The maximum atomic E-state index is 6.00. The summed E-state index contributed by atoms with van der Waals surface area (Å²) in [5, 5.41) is 8.54. The van der Waals surface area contributed by atoms with Gasteiger partial charge < -0.3 is 13.6 Å². The van der Waals surface area contributed by atoms with E-state index < -0.39 is 0 Å². The van der Waals surface area contributed by atoms with Crippen LogP contribution in [0.15, 0.2) is 76.0 Å². The van der Waals surface area contributed by atoms with Gasteiger partial charge >= 0.3 is 0 Å². The highest BCUT2D eigenvalue weighted by Crippen LogP contribution is 2.32. The molecule has 2 aromatic heterocycles. The molecule has 4 rings (SSSR count). The predicted octanol–water partition coefficient (Wildman–Crippen LogP) is 5.55. The van der Waals surface area contributed by atoms with Crippen molar-refractivity contribution < 1.29 is 13.6 Å². The Morgan fingerprint density at radius 2 is 1.81 bits per heavy atom. The molecule has 0 amide bonds. The van der Waals surface area contributed by atoms with Crippen LogP contribution >= 0.6 is 0 Å². The van der Waals surface area contributed by atoms with E-state index in [0.29, 0.717) is 11.8 Å². The van der Waals surface area contributed by atoms with Gasteiger partial charge in [0.25, 0.3) is 0 Å². The van der Waals surface area contributed by atoms with Crippen molar-refractivity contribution in [3.63, 3.8) is 0 Å². The average molecular weight is 360 g/mol.